The molecular formula is C17H20F3N3O. The number of para-hydroxylation sites is 1. The largest absolute Gasteiger partial charge is 0.401 e. The summed E-state index contributed by atoms with van der Waals surface area (Å²) >= 11 is 0. The number of rotatable bonds is 5. The summed E-state index contributed by atoms with van der Waals surface area (Å²) in [5.74, 6) is 0.187. The van der Waals surface area contributed by atoms with Crippen molar-refractivity contribution < 1.29 is 13.2 Å². The second kappa shape index (κ2) is 6.94. The van der Waals surface area contributed by atoms with Crippen molar-refractivity contribution in [1.82, 2.24) is 15.2 Å². The van der Waals surface area contributed by atoms with Gasteiger partial charge in [0.2, 0.25) is 0 Å². The summed E-state index contributed by atoms with van der Waals surface area (Å²) in [5.41, 5.74) is 1.30. The third-order valence-electron chi connectivity index (χ3n) is 4.35. The number of nitrogens with zero attached hydrogens (tertiary/aromatic N) is 1. The van der Waals surface area contributed by atoms with Gasteiger partial charge in [0.05, 0.1) is 6.54 Å². The SMILES string of the molecule is O=c1[nH]c2ccccc2cc1CNC[C@@H]1CCN(CC(F)(F)F)C1. The van der Waals surface area contributed by atoms with Gasteiger partial charge in [0.1, 0.15) is 0 Å². The molecule has 1 aromatic heterocycles. The molecule has 1 aliphatic heterocycles. The molecule has 0 unspecified atom stereocenters. The second-order valence-corrected chi connectivity index (χ2v) is 6.35. The Morgan fingerprint density at radius 1 is 1.29 bits per heavy atom. The van der Waals surface area contributed by atoms with Gasteiger partial charge >= 0.3 is 6.18 Å². The zero-order valence-corrected chi connectivity index (χ0v) is 13.2. The Morgan fingerprint density at radius 2 is 2.08 bits per heavy atom. The van der Waals surface area contributed by atoms with E-state index in [1.165, 1.54) is 4.90 Å². The number of halogens is 3. The van der Waals surface area contributed by atoms with Crippen molar-refractivity contribution in [2.45, 2.75) is 19.1 Å². The Bertz CT molecular complexity index is 757. The standard InChI is InChI=1S/C17H20F3N3O/c18-17(19,20)11-23-6-5-12(10-23)8-21-9-14-7-13-3-1-2-4-15(13)22-16(14)24/h1-4,7,12,21H,5-6,8-11H2,(H,22,24)/t12-/m0/s1. The Hall–Kier alpha value is -1.86. The lowest BCUT2D eigenvalue weighted by atomic mass is 10.1. The van der Waals surface area contributed by atoms with Crippen LogP contribution in [0.2, 0.25) is 0 Å². The number of fused-ring (bicyclic) bond motifs is 1. The van der Waals surface area contributed by atoms with Crippen LogP contribution in [0.4, 0.5) is 13.2 Å². The van der Waals surface area contributed by atoms with E-state index in [-0.39, 0.29) is 11.5 Å². The predicted octanol–water partition coefficient (Wildman–Crippen LogP) is 2.50. The fourth-order valence-corrected chi connectivity index (χ4v) is 3.21. The molecule has 2 heterocycles. The molecule has 0 radical (unpaired) electrons. The minimum Gasteiger partial charge on any atom is -0.322 e. The number of pyridine rings is 1. The maximum absolute atomic E-state index is 12.4. The summed E-state index contributed by atoms with van der Waals surface area (Å²) < 4.78 is 37.2. The van der Waals surface area contributed by atoms with E-state index in [4.69, 9.17) is 0 Å². The van der Waals surface area contributed by atoms with Crippen LogP contribution in [-0.2, 0) is 6.54 Å². The Labute approximate surface area is 137 Å². The topological polar surface area (TPSA) is 48.1 Å². The van der Waals surface area contributed by atoms with Crippen LogP contribution in [0.3, 0.4) is 0 Å². The maximum Gasteiger partial charge on any atom is 0.401 e. The van der Waals surface area contributed by atoms with E-state index in [1.807, 2.05) is 30.3 Å². The molecule has 2 aromatic rings. The number of nitrogens with one attached hydrogen (secondary N) is 2. The molecule has 1 aliphatic rings. The summed E-state index contributed by atoms with van der Waals surface area (Å²) in [7, 11) is 0. The third kappa shape index (κ3) is 4.36. The van der Waals surface area contributed by atoms with E-state index in [2.05, 4.69) is 10.3 Å². The highest BCUT2D eigenvalue weighted by molar-refractivity contribution is 5.78. The minimum atomic E-state index is -4.14. The predicted molar refractivity (Wildman–Crippen MR) is 86.9 cm³/mol. The van der Waals surface area contributed by atoms with Gasteiger partial charge in [-0.05, 0) is 42.9 Å². The maximum atomic E-state index is 12.4. The van der Waals surface area contributed by atoms with Gasteiger partial charge in [-0.1, -0.05) is 18.2 Å². The second-order valence-electron chi connectivity index (χ2n) is 6.35. The number of benzene rings is 1. The minimum absolute atomic E-state index is 0.133. The fraction of sp³-hybridized carbons (Fsp3) is 0.471. The normalized spacial score (nSPS) is 19.2. The van der Waals surface area contributed by atoms with Crippen molar-refractivity contribution >= 4 is 10.9 Å². The molecule has 130 valence electrons. The lowest BCUT2D eigenvalue weighted by molar-refractivity contribution is -0.143. The molecule has 0 saturated carbocycles. The van der Waals surface area contributed by atoms with Gasteiger partial charge in [0.15, 0.2) is 0 Å². The zero-order valence-electron chi connectivity index (χ0n) is 13.2. The number of H-pyrrole nitrogens is 1. The zero-order chi connectivity index (χ0) is 17.2. The molecule has 4 nitrogen and oxygen atoms in total. The first-order chi connectivity index (χ1) is 11.4. The molecule has 2 N–H and O–H groups in total. The van der Waals surface area contributed by atoms with Crippen LogP contribution in [0.5, 0.6) is 0 Å². The van der Waals surface area contributed by atoms with E-state index < -0.39 is 12.7 Å². The molecule has 0 spiro atoms. The summed E-state index contributed by atoms with van der Waals surface area (Å²) in [6.07, 6.45) is -3.39. The first-order valence-corrected chi connectivity index (χ1v) is 8.01. The van der Waals surface area contributed by atoms with Crippen molar-refractivity contribution in [2.75, 3.05) is 26.2 Å². The van der Waals surface area contributed by atoms with Gasteiger partial charge in [-0.25, -0.2) is 0 Å². The lowest BCUT2D eigenvalue weighted by Gasteiger charge is -2.18. The van der Waals surface area contributed by atoms with Crippen molar-refractivity contribution in [1.29, 1.82) is 0 Å². The van der Waals surface area contributed by atoms with Gasteiger partial charge in [0, 0.05) is 24.2 Å². The van der Waals surface area contributed by atoms with E-state index >= 15 is 0 Å². The average Bonchev–Trinajstić information content (AvgIpc) is 2.93. The van der Waals surface area contributed by atoms with Crippen molar-refractivity contribution in [3.63, 3.8) is 0 Å². The van der Waals surface area contributed by atoms with Gasteiger partial charge in [-0.15, -0.1) is 0 Å². The first kappa shape index (κ1) is 17.0. The highest BCUT2D eigenvalue weighted by Crippen LogP contribution is 2.22. The van der Waals surface area contributed by atoms with Crippen LogP contribution in [0, 0.1) is 5.92 Å². The molecule has 7 heteroatoms. The van der Waals surface area contributed by atoms with Crippen LogP contribution in [-0.4, -0.2) is 42.2 Å². The molecular weight excluding hydrogens is 319 g/mol. The summed E-state index contributed by atoms with van der Waals surface area (Å²) in [6, 6.07) is 9.41. The highest BCUT2D eigenvalue weighted by Gasteiger charge is 2.34. The number of likely N-dealkylation sites (tertiary alicyclic amines) is 1. The molecule has 24 heavy (non-hydrogen) atoms. The Kier molecular flexibility index (Phi) is 4.91. The summed E-state index contributed by atoms with van der Waals surface area (Å²) in [6.45, 7) is 1.10. The van der Waals surface area contributed by atoms with Gasteiger partial charge in [-0.2, -0.15) is 13.2 Å². The van der Waals surface area contributed by atoms with Gasteiger partial charge in [-0.3, -0.25) is 9.69 Å². The van der Waals surface area contributed by atoms with Crippen LogP contribution in [0.1, 0.15) is 12.0 Å². The smallest absolute Gasteiger partial charge is 0.322 e. The van der Waals surface area contributed by atoms with Crippen molar-refractivity contribution in [3.8, 4) is 0 Å². The molecule has 1 saturated heterocycles. The summed E-state index contributed by atoms with van der Waals surface area (Å²) in [4.78, 5) is 16.3. The first-order valence-electron chi connectivity index (χ1n) is 8.01. The van der Waals surface area contributed by atoms with Gasteiger partial charge < -0.3 is 10.3 Å². The molecule has 1 fully saturated rings. The average molecular weight is 339 g/mol. The van der Waals surface area contributed by atoms with Gasteiger partial charge in [0.25, 0.3) is 5.56 Å². The Balaban J connectivity index is 1.52. The molecule has 0 bridgehead atoms. The lowest BCUT2D eigenvalue weighted by Crippen LogP contribution is -2.33. The van der Waals surface area contributed by atoms with Crippen LogP contribution >= 0.6 is 0 Å². The number of aromatic amines is 1. The number of hydrogen-bond donors (Lipinski definition) is 2. The van der Waals surface area contributed by atoms with E-state index in [1.54, 1.807) is 0 Å². The number of hydrogen-bond acceptors (Lipinski definition) is 3. The van der Waals surface area contributed by atoms with Crippen LogP contribution in [0.25, 0.3) is 10.9 Å². The molecule has 0 aliphatic carbocycles. The number of aromatic nitrogens is 1. The van der Waals surface area contributed by atoms with Crippen LogP contribution in [0.15, 0.2) is 35.1 Å². The molecule has 1 aromatic carbocycles. The quantitative estimate of drug-likeness (QED) is 0.880. The van der Waals surface area contributed by atoms with Crippen LogP contribution < -0.4 is 10.9 Å². The number of alkyl halides is 3. The molecule has 3 rings (SSSR count). The molecule has 1 atom stereocenters. The fourth-order valence-electron chi connectivity index (χ4n) is 3.21. The van der Waals surface area contributed by atoms with E-state index in [0.717, 1.165) is 17.3 Å². The van der Waals surface area contributed by atoms with Crippen molar-refractivity contribution in [3.05, 3.63) is 46.2 Å². The molecule has 0 amide bonds. The van der Waals surface area contributed by atoms with E-state index in [9.17, 15) is 18.0 Å². The highest BCUT2D eigenvalue weighted by atomic mass is 19.4. The third-order valence-corrected chi connectivity index (χ3v) is 4.35. The monoisotopic (exact) mass is 339 g/mol. The van der Waals surface area contributed by atoms with E-state index in [0.29, 0.717) is 31.7 Å². The van der Waals surface area contributed by atoms with Crippen molar-refractivity contribution in [2.24, 2.45) is 5.92 Å². The Morgan fingerprint density at radius 3 is 2.88 bits per heavy atom. The summed E-state index contributed by atoms with van der Waals surface area (Å²) in [5, 5.41) is 4.17.